The second kappa shape index (κ2) is 11.7. The van der Waals surface area contributed by atoms with Crippen LogP contribution < -0.4 is 15.8 Å². The lowest BCUT2D eigenvalue weighted by Gasteiger charge is -2.36. The molecular formula is C58H41BN2O. The van der Waals surface area contributed by atoms with Crippen LogP contribution in [-0.2, 0) is 10.8 Å². The Hall–Kier alpha value is -7.30. The molecule has 0 bridgehead atoms. The molecule has 0 atom stereocenters. The number of fused-ring (bicyclic) bond motifs is 16. The van der Waals surface area contributed by atoms with Gasteiger partial charge in [-0.25, -0.2) is 0 Å². The van der Waals surface area contributed by atoms with Crippen LogP contribution in [0.1, 0.15) is 49.9 Å². The monoisotopic (exact) mass is 792 g/mol. The lowest BCUT2D eigenvalue weighted by Crippen LogP contribution is -2.41. The van der Waals surface area contributed by atoms with Crippen LogP contribution in [0.4, 0.5) is 17.1 Å². The lowest BCUT2D eigenvalue weighted by molar-refractivity contribution is 0.660. The number of aromatic nitrogens is 1. The lowest BCUT2D eigenvalue weighted by atomic mass is 9.57. The van der Waals surface area contributed by atoms with Gasteiger partial charge in [0.05, 0.1) is 11.2 Å². The number of benzene rings is 9. The Kier molecular flexibility index (Phi) is 6.52. The number of hydrogen-bond acceptors (Lipinski definition) is 2. The summed E-state index contributed by atoms with van der Waals surface area (Å²) in [6, 6.07) is 61.4. The van der Waals surface area contributed by atoms with Crippen molar-refractivity contribution in [2.45, 2.75) is 38.5 Å². The predicted octanol–water partition coefficient (Wildman–Crippen LogP) is 13.8. The van der Waals surface area contributed by atoms with Crippen molar-refractivity contribution in [3.8, 4) is 33.4 Å². The SMILES string of the molecule is CC1(C)c2ccccc2-c2cc(N3c4cc5c(cc4Bc4c(-c6cccc7c6[nH]c6cc8ccccc8cc67)cc6c(oc7ccccc76)c43)C(C)(C)c3ccccc3-5)ccc21. The van der Waals surface area contributed by atoms with E-state index in [1.807, 2.05) is 0 Å². The van der Waals surface area contributed by atoms with Gasteiger partial charge in [-0.1, -0.05) is 154 Å². The summed E-state index contributed by atoms with van der Waals surface area (Å²) in [4.78, 5) is 6.51. The maximum atomic E-state index is 7.10. The molecule has 0 amide bonds. The standard InChI is InChI=1S/C58H41BN2O/c1-57(2)45-21-10-7-16-35(45)40-28-34(24-25-47(40)57)61-51-30-41-36-17-8-11-22-46(36)58(3,4)48(41)31-49(51)59-53-43(29-44-37-18-9-12-23-52(37)62-56(44)55(53)61)39-20-13-19-38-42-26-32-14-5-6-15-33(32)27-50(42)60-54(38)39/h5-31,59-60H,1-4H3. The van der Waals surface area contributed by atoms with E-state index >= 15 is 0 Å². The average Bonchev–Trinajstić information content (AvgIpc) is 3.99. The van der Waals surface area contributed by atoms with Gasteiger partial charge in [0.15, 0.2) is 12.9 Å². The van der Waals surface area contributed by atoms with Gasteiger partial charge in [-0.3, -0.25) is 0 Å². The van der Waals surface area contributed by atoms with Gasteiger partial charge < -0.3 is 14.3 Å². The molecule has 4 heteroatoms. The highest BCUT2D eigenvalue weighted by Gasteiger charge is 2.41. The number of nitrogens with zero attached hydrogens (tertiary/aromatic N) is 1. The molecule has 1 N–H and O–H groups in total. The van der Waals surface area contributed by atoms with E-state index in [-0.39, 0.29) is 10.8 Å². The molecule has 3 aliphatic rings. The molecule has 11 aromatic rings. The van der Waals surface area contributed by atoms with Crippen molar-refractivity contribution in [2.24, 2.45) is 0 Å². The van der Waals surface area contributed by atoms with Gasteiger partial charge in [-0.05, 0) is 109 Å². The number of rotatable bonds is 2. The van der Waals surface area contributed by atoms with Crippen LogP contribution in [-0.4, -0.2) is 12.3 Å². The van der Waals surface area contributed by atoms with E-state index in [0.717, 1.165) is 51.6 Å². The van der Waals surface area contributed by atoms with Crippen LogP contribution in [0, 0.1) is 0 Å². The van der Waals surface area contributed by atoms with E-state index in [4.69, 9.17) is 4.42 Å². The zero-order valence-corrected chi connectivity index (χ0v) is 35.2. The summed E-state index contributed by atoms with van der Waals surface area (Å²) in [5.74, 6) is 0. The van der Waals surface area contributed by atoms with Crippen molar-refractivity contribution in [1.82, 2.24) is 4.98 Å². The molecular weight excluding hydrogens is 751 g/mol. The summed E-state index contributed by atoms with van der Waals surface area (Å²) >= 11 is 0. The van der Waals surface area contributed by atoms with Gasteiger partial charge in [0.25, 0.3) is 0 Å². The molecule has 2 aliphatic carbocycles. The molecule has 0 saturated carbocycles. The topological polar surface area (TPSA) is 32.2 Å². The smallest absolute Gasteiger partial charge is 0.198 e. The van der Waals surface area contributed by atoms with Crippen LogP contribution in [0.25, 0.3) is 87.9 Å². The third kappa shape index (κ3) is 4.36. The first-order valence-corrected chi connectivity index (χ1v) is 22.0. The van der Waals surface area contributed by atoms with E-state index in [1.54, 1.807) is 0 Å². The van der Waals surface area contributed by atoms with Crippen LogP contribution in [0.15, 0.2) is 168 Å². The molecule has 9 aromatic carbocycles. The highest BCUT2D eigenvalue weighted by molar-refractivity contribution is 6.74. The summed E-state index contributed by atoms with van der Waals surface area (Å²) in [7, 11) is 0.768. The van der Waals surface area contributed by atoms with E-state index < -0.39 is 0 Å². The van der Waals surface area contributed by atoms with Gasteiger partial charge in [-0.15, -0.1) is 0 Å². The number of H-pyrrole nitrogens is 1. The maximum Gasteiger partial charge on any atom is 0.198 e. The van der Waals surface area contributed by atoms with E-state index in [1.165, 1.54) is 93.8 Å². The van der Waals surface area contributed by atoms with Gasteiger partial charge in [0.2, 0.25) is 0 Å². The fraction of sp³-hybridized carbons (Fsp3) is 0.103. The number of para-hydroxylation sites is 2. The van der Waals surface area contributed by atoms with E-state index in [9.17, 15) is 0 Å². The van der Waals surface area contributed by atoms with Crippen molar-refractivity contribution < 1.29 is 4.42 Å². The first-order chi connectivity index (χ1) is 30.2. The molecule has 3 nitrogen and oxygen atoms in total. The van der Waals surface area contributed by atoms with Crippen molar-refractivity contribution >= 4 is 89.8 Å². The molecule has 0 saturated heterocycles. The molecule has 3 heterocycles. The summed E-state index contributed by atoms with van der Waals surface area (Å²) in [6.45, 7) is 9.51. The molecule has 0 radical (unpaired) electrons. The Morgan fingerprint density at radius 2 is 1.13 bits per heavy atom. The van der Waals surface area contributed by atoms with E-state index in [2.05, 4.69) is 201 Å². The second-order valence-electron chi connectivity index (χ2n) is 18.9. The molecule has 2 aromatic heterocycles. The Labute approximate surface area is 360 Å². The number of furan rings is 1. The van der Waals surface area contributed by atoms with Gasteiger partial charge in [-0.2, -0.15) is 0 Å². The number of anilines is 3. The first kappa shape index (κ1) is 34.4. The molecule has 0 fully saturated rings. The quantitative estimate of drug-likeness (QED) is 0.177. The van der Waals surface area contributed by atoms with Crippen LogP contribution >= 0.6 is 0 Å². The first-order valence-electron chi connectivity index (χ1n) is 22.0. The molecule has 1 aliphatic heterocycles. The normalized spacial score (nSPS) is 15.1. The van der Waals surface area contributed by atoms with Gasteiger partial charge >= 0.3 is 0 Å². The molecule has 0 unspecified atom stereocenters. The average molecular weight is 793 g/mol. The summed E-state index contributed by atoms with van der Waals surface area (Å²) in [5.41, 5.74) is 23.2. The fourth-order valence-electron chi connectivity index (χ4n) is 11.9. The third-order valence-corrected chi connectivity index (χ3v) is 15.0. The van der Waals surface area contributed by atoms with Crippen molar-refractivity contribution in [3.63, 3.8) is 0 Å². The molecule has 292 valence electrons. The van der Waals surface area contributed by atoms with Gasteiger partial charge in [0.1, 0.15) is 5.58 Å². The molecule has 62 heavy (non-hydrogen) atoms. The summed E-state index contributed by atoms with van der Waals surface area (Å²) < 4.78 is 7.10. The maximum absolute atomic E-state index is 7.10. The zero-order valence-electron chi connectivity index (χ0n) is 35.2. The minimum atomic E-state index is -0.125. The Morgan fingerprint density at radius 1 is 0.484 bits per heavy atom. The minimum absolute atomic E-state index is 0.0957. The van der Waals surface area contributed by atoms with Crippen LogP contribution in [0.5, 0.6) is 0 Å². The van der Waals surface area contributed by atoms with E-state index in [0.29, 0.717) is 0 Å². The number of aromatic amines is 1. The largest absolute Gasteiger partial charge is 0.454 e. The fourth-order valence-corrected chi connectivity index (χ4v) is 11.9. The molecule has 0 spiro atoms. The van der Waals surface area contributed by atoms with Crippen LogP contribution in [0.3, 0.4) is 0 Å². The number of nitrogens with one attached hydrogen (secondary N) is 1. The highest BCUT2D eigenvalue weighted by Crippen LogP contribution is 2.54. The van der Waals surface area contributed by atoms with Crippen molar-refractivity contribution in [3.05, 3.63) is 186 Å². The summed E-state index contributed by atoms with van der Waals surface area (Å²) in [5, 5.41) is 7.22. The molecule has 14 rings (SSSR count). The Morgan fingerprint density at radius 3 is 1.94 bits per heavy atom. The third-order valence-electron chi connectivity index (χ3n) is 15.0. The number of hydrogen-bond donors (Lipinski definition) is 1. The highest BCUT2D eigenvalue weighted by atomic mass is 16.3. The van der Waals surface area contributed by atoms with Crippen molar-refractivity contribution in [1.29, 1.82) is 0 Å². The van der Waals surface area contributed by atoms with Gasteiger partial charge in [0, 0.05) is 54.8 Å². The van der Waals surface area contributed by atoms with Crippen molar-refractivity contribution in [2.75, 3.05) is 4.90 Å². The zero-order chi connectivity index (χ0) is 41.2. The Bertz CT molecular complexity index is 3810. The second-order valence-corrected chi connectivity index (χ2v) is 18.9. The minimum Gasteiger partial charge on any atom is -0.454 e. The predicted molar refractivity (Wildman–Crippen MR) is 262 cm³/mol. The summed E-state index contributed by atoms with van der Waals surface area (Å²) in [6.07, 6.45) is 0. The Balaban J connectivity index is 1.11. The van der Waals surface area contributed by atoms with Crippen LogP contribution in [0.2, 0.25) is 0 Å².